The summed E-state index contributed by atoms with van der Waals surface area (Å²) in [5, 5.41) is 2.32. The number of rotatable bonds is 8. The maximum absolute atomic E-state index is 12.6. The van der Waals surface area contributed by atoms with Crippen molar-refractivity contribution in [3.63, 3.8) is 0 Å². The molecule has 3 rings (SSSR count). The van der Waals surface area contributed by atoms with Crippen LogP contribution >= 0.6 is 0 Å². The molecule has 0 radical (unpaired) electrons. The van der Waals surface area contributed by atoms with Gasteiger partial charge in [0, 0.05) is 18.8 Å². The van der Waals surface area contributed by atoms with Gasteiger partial charge in [0.05, 0.1) is 26.6 Å². The van der Waals surface area contributed by atoms with Gasteiger partial charge < -0.3 is 19.5 Å². The van der Waals surface area contributed by atoms with Gasteiger partial charge in [0.25, 0.3) is 0 Å². The number of hydrogen-bond donors (Lipinski definition) is 1. The van der Waals surface area contributed by atoms with Crippen LogP contribution in [0.15, 0.2) is 48.5 Å². The average Bonchev–Trinajstić information content (AvgIpc) is 2.73. The molecule has 2 N–H and O–H groups in total. The van der Waals surface area contributed by atoms with Gasteiger partial charge in [-0.05, 0) is 37.1 Å². The van der Waals surface area contributed by atoms with E-state index in [1.807, 2.05) is 62.4 Å². The molecule has 5 nitrogen and oxygen atoms in total. The van der Waals surface area contributed by atoms with E-state index in [0.717, 1.165) is 37.1 Å². The predicted molar refractivity (Wildman–Crippen MR) is 112 cm³/mol. The first-order chi connectivity index (χ1) is 14.0. The van der Waals surface area contributed by atoms with Crippen molar-refractivity contribution in [2.24, 2.45) is 5.92 Å². The summed E-state index contributed by atoms with van der Waals surface area (Å²) in [5.74, 6) is 1.49. The van der Waals surface area contributed by atoms with E-state index in [-0.39, 0.29) is 12.4 Å². The molecule has 0 spiro atoms. The van der Waals surface area contributed by atoms with Gasteiger partial charge in [-0.3, -0.25) is 4.79 Å². The molecule has 0 atom stereocenters. The SMILES string of the molecule is COc1cc(CC(=O)OC(C)(C)C2CC[NH2+]CC2)ccc1OCc1ccccc1. The van der Waals surface area contributed by atoms with Crippen LogP contribution in [0, 0.1) is 5.92 Å². The second-order valence-electron chi connectivity index (χ2n) is 8.15. The van der Waals surface area contributed by atoms with E-state index in [1.165, 1.54) is 0 Å². The first-order valence-corrected chi connectivity index (χ1v) is 10.3. The molecule has 0 unspecified atom stereocenters. The van der Waals surface area contributed by atoms with Crippen molar-refractivity contribution < 1.29 is 24.3 Å². The van der Waals surface area contributed by atoms with Gasteiger partial charge in [-0.25, -0.2) is 0 Å². The summed E-state index contributed by atoms with van der Waals surface area (Å²) in [6, 6.07) is 15.6. The lowest BCUT2D eigenvalue weighted by Crippen LogP contribution is -2.86. The van der Waals surface area contributed by atoms with Gasteiger partial charge in [-0.15, -0.1) is 0 Å². The van der Waals surface area contributed by atoms with E-state index in [4.69, 9.17) is 14.2 Å². The number of benzene rings is 2. The first-order valence-electron chi connectivity index (χ1n) is 10.3. The molecule has 0 amide bonds. The highest BCUT2D eigenvalue weighted by atomic mass is 16.6. The van der Waals surface area contributed by atoms with Crippen LogP contribution in [0.3, 0.4) is 0 Å². The van der Waals surface area contributed by atoms with Crippen molar-refractivity contribution in [1.82, 2.24) is 0 Å². The molecule has 2 aromatic carbocycles. The minimum Gasteiger partial charge on any atom is -0.493 e. The number of esters is 1. The maximum atomic E-state index is 12.6. The third kappa shape index (κ3) is 5.97. The van der Waals surface area contributed by atoms with Crippen LogP contribution in [0.25, 0.3) is 0 Å². The number of quaternary nitrogens is 1. The molecule has 1 saturated heterocycles. The molecule has 1 aliphatic heterocycles. The van der Waals surface area contributed by atoms with Crippen LogP contribution in [0.5, 0.6) is 11.5 Å². The third-order valence-electron chi connectivity index (χ3n) is 5.61. The van der Waals surface area contributed by atoms with Crippen molar-refractivity contribution in [2.75, 3.05) is 20.2 Å². The zero-order valence-electron chi connectivity index (χ0n) is 17.6. The van der Waals surface area contributed by atoms with Gasteiger partial charge in [-0.2, -0.15) is 0 Å². The number of piperidine rings is 1. The van der Waals surface area contributed by atoms with E-state index in [2.05, 4.69) is 5.32 Å². The Bertz CT molecular complexity index is 798. The van der Waals surface area contributed by atoms with Crippen molar-refractivity contribution in [3.8, 4) is 11.5 Å². The fourth-order valence-corrected chi connectivity index (χ4v) is 3.88. The van der Waals surface area contributed by atoms with Gasteiger partial charge in [-0.1, -0.05) is 36.4 Å². The molecular formula is C24H32NO4+. The van der Waals surface area contributed by atoms with E-state index < -0.39 is 5.60 Å². The molecule has 29 heavy (non-hydrogen) atoms. The molecule has 5 heteroatoms. The number of ether oxygens (including phenoxy) is 3. The summed E-state index contributed by atoms with van der Waals surface area (Å²) < 4.78 is 17.2. The fraction of sp³-hybridized carbons (Fsp3) is 0.458. The zero-order valence-corrected chi connectivity index (χ0v) is 17.6. The maximum Gasteiger partial charge on any atom is 0.310 e. The first kappa shape index (κ1) is 21.2. The Balaban J connectivity index is 1.59. The van der Waals surface area contributed by atoms with Crippen molar-refractivity contribution >= 4 is 5.97 Å². The second kappa shape index (κ2) is 9.79. The molecule has 0 aliphatic carbocycles. The summed E-state index contributed by atoms with van der Waals surface area (Å²) in [6.07, 6.45) is 2.39. The van der Waals surface area contributed by atoms with Crippen LogP contribution in [-0.2, 0) is 22.6 Å². The highest BCUT2D eigenvalue weighted by Crippen LogP contribution is 2.31. The fourth-order valence-electron chi connectivity index (χ4n) is 3.88. The van der Waals surface area contributed by atoms with E-state index >= 15 is 0 Å². The largest absolute Gasteiger partial charge is 0.493 e. The smallest absolute Gasteiger partial charge is 0.310 e. The van der Waals surface area contributed by atoms with E-state index in [9.17, 15) is 4.79 Å². The molecule has 1 fully saturated rings. The Morgan fingerprint density at radius 2 is 1.76 bits per heavy atom. The predicted octanol–water partition coefficient (Wildman–Crippen LogP) is 3.11. The Morgan fingerprint density at radius 1 is 1.03 bits per heavy atom. The molecule has 1 aliphatic rings. The summed E-state index contributed by atoms with van der Waals surface area (Å²) in [6.45, 7) is 6.73. The van der Waals surface area contributed by atoms with Crippen LogP contribution in [0.2, 0.25) is 0 Å². The van der Waals surface area contributed by atoms with Gasteiger partial charge >= 0.3 is 5.97 Å². The summed E-state index contributed by atoms with van der Waals surface area (Å²) >= 11 is 0. The van der Waals surface area contributed by atoms with Crippen molar-refractivity contribution in [1.29, 1.82) is 0 Å². The molecule has 156 valence electrons. The minimum atomic E-state index is -0.436. The number of nitrogens with two attached hydrogens (primary N) is 1. The van der Waals surface area contributed by atoms with E-state index in [1.54, 1.807) is 7.11 Å². The highest BCUT2D eigenvalue weighted by molar-refractivity contribution is 5.73. The van der Waals surface area contributed by atoms with Crippen LogP contribution in [0.4, 0.5) is 0 Å². The lowest BCUT2D eigenvalue weighted by atomic mass is 9.83. The van der Waals surface area contributed by atoms with Gasteiger partial charge in [0.1, 0.15) is 12.2 Å². The van der Waals surface area contributed by atoms with Crippen molar-refractivity contribution in [2.45, 2.75) is 45.3 Å². The van der Waals surface area contributed by atoms with Crippen molar-refractivity contribution in [3.05, 3.63) is 59.7 Å². The quantitative estimate of drug-likeness (QED) is 0.694. The summed E-state index contributed by atoms with van der Waals surface area (Å²) in [4.78, 5) is 12.6. The van der Waals surface area contributed by atoms with Crippen LogP contribution in [0.1, 0.15) is 37.8 Å². The van der Waals surface area contributed by atoms with E-state index in [0.29, 0.717) is 24.0 Å². The zero-order chi connectivity index (χ0) is 20.7. The average molecular weight is 399 g/mol. The lowest BCUT2D eigenvalue weighted by molar-refractivity contribution is -0.665. The standard InChI is InChI=1S/C24H31NO4/c1-24(2,20-11-13-25-14-12-20)29-23(26)16-19-9-10-21(22(15-19)27-3)28-17-18-7-5-4-6-8-18/h4-10,15,20,25H,11-14,16-17H2,1-3H3/p+1. The van der Waals surface area contributed by atoms with Crippen LogP contribution < -0.4 is 14.8 Å². The Labute approximate surface area is 173 Å². The van der Waals surface area contributed by atoms with Crippen LogP contribution in [-0.4, -0.2) is 31.8 Å². The normalized spacial score (nSPS) is 15.0. The van der Waals surface area contributed by atoms with Gasteiger partial charge in [0.15, 0.2) is 11.5 Å². The molecule has 1 heterocycles. The lowest BCUT2D eigenvalue weighted by Gasteiger charge is -2.35. The minimum absolute atomic E-state index is 0.204. The number of carbonyl (C=O) groups is 1. The summed E-state index contributed by atoms with van der Waals surface area (Å²) in [7, 11) is 1.61. The molecule has 0 saturated carbocycles. The number of hydrogen-bond acceptors (Lipinski definition) is 4. The number of carbonyl (C=O) groups excluding carboxylic acids is 1. The summed E-state index contributed by atoms with van der Waals surface area (Å²) in [5.41, 5.74) is 1.50. The Kier molecular flexibility index (Phi) is 7.15. The molecule has 2 aromatic rings. The monoisotopic (exact) mass is 398 g/mol. The second-order valence-corrected chi connectivity index (χ2v) is 8.15. The van der Waals surface area contributed by atoms with Gasteiger partial charge in [0.2, 0.25) is 0 Å². The molecular weight excluding hydrogens is 366 g/mol. The number of methoxy groups -OCH3 is 1. The molecule has 0 aromatic heterocycles. The Hall–Kier alpha value is -2.53. The Morgan fingerprint density at radius 3 is 2.45 bits per heavy atom. The highest BCUT2D eigenvalue weighted by Gasteiger charge is 2.35. The third-order valence-corrected chi connectivity index (χ3v) is 5.61. The molecule has 0 bridgehead atoms. The topological polar surface area (TPSA) is 61.4 Å².